The van der Waals surface area contributed by atoms with Gasteiger partial charge in [0.2, 0.25) is 0 Å². The number of hydrogen-bond donors (Lipinski definition) is 2. The smallest absolute Gasteiger partial charge is 0.257 e. The average molecular weight is 460 g/mol. The first-order valence-corrected chi connectivity index (χ1v) is 11.5. The molecule has 11 heteroatoms. The summed E-state index contributed by atoms with van der Waals surface area (Å²) in [6.07, 6.45) is 2.12. The summed E-state index contributed by atoms with van der Waals surface area (Å²) in [7, 11) is -4.03. The number of hydrogen-bond acceptors (Lipinski definition) is 7. The first kappa shape index (κ1) is 23.3. The molecule has 0 aromatic heterocycles. The van der Waals surface area contributed by atoms with Gasteiger partial charge in [-0.3, -0.25) is 9.80 Å². The summed E-state index contributed by atoms with van der Waals surface area (Å²) in [5.41, 5.74) is -2.04. The Morgan fingerprint density at radius 3 is 2.50 bits per heavy atom. The fourth-order valence-electron chi connectivity index (χ4n) is 3.09. The highest BCUT2D eigenvalue weighted by molar-refractivity contribution is 7.91. The molecule has 0 unspecified atom stereocenters. The van der Waals surface area contributed by atoms with Crippen molar-refractivity contribution in [2.24, 2.45) is 10.3 Å². The summed E-state index contributed by atoms with van der Waals surface area (Å²) in [6.45, 7) is 2.73. The first-order valence-electron chi connectivity index (χ1n) is 9.84. The highest BCUT2D eigenvalue weighted by Gasteiger charge is 2.36. The van der Waals surface area contributed by atoms with Crippen molar-refractivity contribution in [1.82, 2.24) is 5.01 Å². The molecule has 1 amide bonds. The van der Waals surface area contributed by atoms with Gasteiger partial charge in [0.15, 0.2) is 15.4 Å². The first-order chi connectivity index (χ1) is 15.1. The molecular formula is C21H22FN5O4S. The Hall–Kier alpha value is -3.36. The van der Waals surface area contributed by atoms with Gasteiger partial charge in [-0.15, -0.1) is 5.11 Å². The molecule has 2 aromatic rings. The largest absolute Gasteiger partial charge is 0.379 e. The summed E-state index contributed by atoms with van der Waals surface area (Å²) in [4.78, 5) is 12.3. The van der Waals surface area contributed by atoms with Crippen LogP contribution in [0.25, 0.3) is 0 Å². The van der Waals surface area contributed by atoms with E-state index in [0.717, 1.165) is 38.9 Å². The normalized spacial score (nSPS) is 16.0. The van der Waals surface area contributed by atoms with E-state index in [4.69, 9.17) is 5.26 Å². The lowest BCUT2D eigenvalue weighted by atomic mass is 10.1. The lowest BCUT2D eigenvalue weighted by molar-refractivity contribution is -0.130. The third kappa shape index (κ3) is 5.66. The number of carbonyl (C=O) groups excluding carboxylic acids is 1. The van der Waals surface area contributed by atoms with Crippen LogP contribution in [-0.4, -0.2) is 48.9 Å². The minimum absolute atomic E-state index is 0.0168. The molecule has 0 bridgehead atoms. The monoisotopic (exact) mass is 459 g/mol. The van der Waals surface area contributed by atoms with E-state index in [2.05, 4.69) is 15.7 Å². The van der Waals surface area contributed by atoms with E-state index in [1.165, 1.54) is 36.4 Å². The van der Waals surface area contributed by atoms with Gasteiger partial charge >= 0.3 is 0 Å². The standard InChI is InChI=1S/C21H22FN5O4S/c1-21(29,20(28)24-17-5-4-15(13-23)19(22)12-17)14-32(30,31)18-8-6-16(7-9-18)25-26-27-10-2-3-11-27/h4-9,12,29H,2-3,10-11,14H2,1H3,(H,24,28)/b26-25-/t21-/m0/s1. The minimum Gasteiger partial charge on any atom is -0.379 e. The van der Waals surface area contributed by atoms with Crippen molar-refractivity contribution < 1.29 is 22.7 Å². The van der Waals surface area contributed by atoms with Gasteiger partial charge in [-0.2, -0.15) is 5.26 Å². The maximum atomic E-state index is 13.7. The fourth-order valence-corrected chi connectivity index (χ4v) is 4.68. The predicted molar refractivity (Wildman–Crippen MR) is 114 cm³/mol. The molecule has 0 saturated carbocycles. The quantitative estimate of drug-likeness (QED) is 0.611. The zero-order valence-electron chi connectivity index (χ0n) is 17.3. The number of rotatable bonds is 7. The number of nitrogens with one attached hydrogen (secondary N) is 1. The van der Waals surface area contributed by atoms with Crippen LogP contribution in [-0.2, 0) is 14.6 Å². The van der Waals surface area contributed by atoms with Gasteiger partial charge in [-0.05, 0) is 62.2 Å². The molecule has 3 rings (SSSR count). The van der Waals surface area contributed by atoms with Crippen LogP contribution >= 0.6 is 0 Å². The van der Waals surface area contributed by atoms with E-state index < -0.39 is 32.9 Å². The van der Waals surface area contributed by atoms with E-state index in [-0.39, 0.29) is 16.1 Å². The maximum absolute atomic E-state index is 13.7. The second-order valence-electron chi connectivity index (χ2n) is 7.64. The summed E-state index contributed by atoms with van der Waals surface area (Å²) in [5, 5.41) is 31.5. The number of benzene rings is 2. The average Bonchev–Trinajstić information content (AvgIpc) is 3.26. The van der Waals surface area contributed by atoms with Crippen molar-refractivity contribution >= 4 is 27.1 Å². The molecule has 1 heterocycles. The number of anilines is 1. The van der Waals surface area contributed by atoms with Crippen molar-refractivity contribution in [3.05, 3.63) is 53.8 Å². The molecule has 168 valence electrons. The van der Waals surface area contributed by atoms with E-state index in [1.807, 2.05) is 5.01 Å². The van der Waals surface area contributed by atoms with Crippen LogP contribution < -0.4 is 5.32 Å². The number of aliphatic hydroxyl groups is 1. The molecule has 1 aliphatic rings. The van der Waals surface area contributed by atoms with Crippen LogP contribution in [0.15, 0.2) is 57.7 Å². The number of sulfone groups is 1. The van der Waals surface area contributed by atoms with Crippen LogP contribution in [0.1, 0.15) is 25.3 Å². The van der Waals surface area contributed by atoms with Gasteiger partial charge in [0.1, 0.15) is 11.9 Å². The fraction of sp³-hybridized carbons (Fsp3) is 0.333. The van der Waals surface area contributed by atoms with E-state index in [1.54, 1.807) is 6.07 Å². The van der Waals surface area contributed by atoms with Crippen molar-refractivity contribution in [3.8, 4) is 6.07 Å². The van der Waals surface area contributed by atoms with Crippen molar-refractivity contribution in [2.45, 2.75) is 30.3 Å². The van der Waals surface area contributed by atoms with E-state index >= 15 is 0 Å². The minimum atomic E-state index is -4.03. The van der Waals surface area contributed by atoms with E-state index in [0.29, 0.717) is 5.69 Å². The summed E-state index contributed by atoms with van der Waals surface area (Å²) < 4.78 is 39.2. The van der Waals surface area contributed by atoms with Crippen molar-refractivity contribution in [2.75, 3.05) is 24.2 Å². The van der Waals surface area contributed by atoms with Crippen LogP contribution in [0.4, 0.5) is 15.8 Å². The third-order valence-corrected chi connectivity index (χ3v) is 6.81. The number of nitriles is 1. The summed E-state index contributed by atoms with van der Waals surface area (Å²) in [5.74, 6) is -2.76. The zero-order valence-corrected chi connectivity index (χ0v) is 18.1. The Morgan fingerprint density at radius 2 is 1.91 bits per heavy atom. The van der Waals surface area contributed by atoms with Crippen LogP contribution in [0.2, 0.25) is 0 Å². The molecule has 0 aliphatic carbocycles. The second kappa shape index (κ2) is 9.42. The Labute approximate surface area is 185 Å². The highest BCUT2D eigenvalue weighted by atomic mass is 32.2. The molecule has 1 saturated heterocycles. The van der Waals surface area contributed by atoms with Crippen molar-refractivity contribution in [3.63, 3.8) is 0 Å². The third-order valence-electron chi connectivity index (χ3n) is 4.87. The zero-order chi connectivity index (χ0) is 23.4. The number of carbonyl (C=O) groups is 1. The van der Waals surface area contributed by atoms with Crippen LogP contribution in [0.3, 0.4) is 0 Å². The van der Waals surface area contributed by atoms with Crippen LogP contribution in [0, 0.1) is 17.1 Å². The number of halogens is 1. The summed E-state index contributed by atoms with van der Waals surface area (Å²) >= 11 is 0. The van der Waals surface area contributed by atoms with Gasteiger partial charge < -0.3 is 10.4 Å². The Kier molecular flexibility index (Phi) is 6.86. The molecule has 32 heavy (non-hydrogen) atoms. The Balaban J connectivity index is 1.67. The lowest BCUT2D eigenvalue weighted by Crippen LogP contribution is -2.45. The molecule has 9 nitrogen and oxygen atoms in total. The van der Waals surface area contributed by atoms with Crippen LogP contribution in [0.5, 0.6) is 0 Å². The van der Waals surface area contributed by atoms with Gasteiger partial charge in [0.05, 0.1) is 21.9 Å². The maximum Gasteiger partial charge on any atom is 0.257 e. The molecule has 2 N–H and O–H groups in total. The molecule has 1 fully saturated rings. The molecule has 1 atom stereocenters. The van der Waals surface area contributed by atoms with Gasteiger partial charge in [0.25, 0.3) is 5.91 Å². The van der Waals surface area contributed by atoms with Gasteiger partial charge in [-0.25, -0.2) is 12.8 Å². The molecule has 0 radical (unpaired) electrons. The highest BCUT2D eigenvalue weighted by Crippen LogP contribution is 2.23. The Bertz CT molecular complexity index is 1170. The van der Waals surface area contributed by atoms with Gasteiger partial charge in [-0.1, -0.05) is 5.22 Å². The number of amides is 1. The molecular weight excluding hydrogens is 437 g/mol. The summed E-state index contributed by atoms with van der Waals surface area (Å²) in [6, 6.07) is 10.6. The second-order valence-corrected chi connectivity index (χ2v) is 9.63. The van der Waals surface area contributed by atoms with E-state index in [9.17, 15) is 22.7 Å². The Morgan fingerprint density at radius 1 is 1.25 bits per heavy atom. The molecule has 1 aliphatic heterocycles. The molecule has 0 spiro atoms. The molecule has 2 aromatic carbocycles. The SMILES string of the molecule is C[C@](O)(CS(=O)(=O)c1ccc(/N=N\N2CCCC2)cc1)C(=O)Nc1ccc(C#N)c(F)c1. The van der Waals surface area contributed by atoms with Crippen molar-refractivity contribution in [1.29, 1.82) is 5.26 Å². The predicted octanol–water partition coefficient (Wildman–Crippen LogP) is 2.96. The van der Waals surface area contributed by atoms with Gasteiger partial charge in [0, 0.05) is 18.8 Å². The number of nitrogens with zero attached hydrogens (tertiary/aromatic N) is 4. The topological polar surface area (TPSA) is 135 Å². The lowest BCUT2D eigenvalue weighted by Gasteiger charge is -2.22.